The van der Waals surface area contributed by atoms with Gasteiger partial charge in [-0.15, -0.1) is 0 Å². The van der Waals surface area contributed by atoms with Gasteiger partial charge >= 0.3 is 5.97 Å². The topological polar surface area (TPSA) is 78.4 Å². The van der Waals surface area contributed by atoms with Crippen LogP contribution in [0.4, 0.5) is 0 Å². The molecule has 5 heteroatoms. The Hall–Kier alpha value is -1.10. The van der Waals surface area contributed by atoms with E-state index in [1.807, 2.05) is 6.92 Å². The lowest BCUT2D eigenvalue weighted by atomic mass is 9.85. The van der Waals surface area contributed by atoms with Crippen LogP contribution in [0.2, 0.25) is 0 Å². The molecule has 0 aromatic heterocycles. The highest BCUT2D eigenvalue weighted by Gasteiger charge is 2.38. The van der Waals surface area contributed by atoms with Gasteiger partial charge in [0, 0.05) is 19.0 Å². The molecular formula is C14H24N2O3. The molecule has 108 valence electrons. The highest BCUT2D eigenvalue weighted by molar-refractivity contribution is 5.82. The second kappa shape index (κ2) is 6.37. The summed E-state index contributed by atoms with van der Waals surface area (Å²) in [5.41, 5.74) is 0. The first-order valence-corrected chi connectivity index (χ1v) is 7.32. The number of rotatable bonds is 5. The smallest absolute Gasteiger partial charge is 0.303 e. The summed E-state index contributed by atoms with van der Waals surface area (Å²) in [6.45, 7) is 2.29. The molecule has 4 atom stereocenters. The van der Waals surface area contributed by atoms with E-state index in [0.717, 1.165) is 6.42 Å². The number of carboxylic acid groups (broad SMARTS) is 1. The maximum Gasteiger partial charge on any atom is 0.303 e. The Labute approximate surface area is 114 Å². The Balaban J connectivity index is 1.73. The Morgan fingerprint density at radius 2 is 2.11 bits per heavy atom. The zero-order valence-electron chi connectivity index (χ0n) is 11.5. The van der Waals surface area contributed by atoms with E-state index in [-0.39, 0.29) is 24.3 Å². The highest BCUT2D eigenvalue weighted by Crippen LogP contribution is 2.33. The number of fused-ring (bicyclic) bond motifs is 1. The van der Waals surface area contributed by atoms with Gasteiger partial charge in [-0.1, -0.05) is 19.8 Å². The van der Waals surface area contributed by atoms with Gasteiger partial charge in [-0.25, -0.2) is 0 Å². The van der Waals surface area contributed by atoms with Gasteiger partial charge in [-0.05, 0) is 31.1 Å². The molecule has 2 aliphatic rings. The van der Waals surface area contributed by atoms with Crippen LogP contribution < -0.4 is 10.6 Å². The van der Waals surface area contributed by atoms with Gasteiger partial charge in [-0.2, -0.15) is 0 Å². The zero-order valence-corrected chi connectivity index (χ0v) is 11.5. The van der Waals surface area contributed by atoms with E-state index in [4.69, 9.17) is 5.11 Å². The van der Waals surface area contributed by atoms with Gasteiger partial charge in [0.1, 0.15) is 0 Å². The minimum atomic E-state index is -0.813. The molecule has 2 rings (SSSR count). The molecule has 0 aromatic rings. The molecule has 0 spiro atoms. The van der Waals surface area contributed by atoms with Crippen molar-refractivity contribution in [3.8, 4) is 0 Å². The Morgan fingerprint density at radius 3 is 2.79 bits per heavy atom. The Bertz CT molecular complexity index is 332. The summed E-state index contributed by atoms with van der Waals surface area (Å²) in [4.78, 5) is 22.6. The fourth-order valence-corrected chi connectivity index (χ4v) is 3.29. The molecule has 1 saturated carbocycles. The normalized spacial score (nSPS) is 31.5. The monoisotopic (exact) mass is 268 g/mol. The SMILES string of the molecule is CC(CNC(=O)C1CC2CCCCC2N1)CC(=O)O. The quantitative estimate of drug-likeness (QED) is 0.698. The van der Waals surface area contributed by atoms with E-state index in [9.17, 15) is 9.59 Å². The second-order valence-corrected chi connectivity index (χ2v) is 6.05. The van der Waals surface area contributed by atoms with E-state index in [0.29, 0.717) is 18.5 Å². The molecule has 1 aliphatic carbocycles. The van der Waals surface area contributed by atoms with Crippen molar-refractivity contribution in [3.63, 3.8) is 0 Å². The van der Waals surface area contributed by atoms with Gasteiger partial charge in [0.2, 0.25) is 5.91 Å². The van der Waals surface area contributed by atoms with E-state index in [2.05, 4.69) is 10.6 Å². The van der Waals surface area contributed by atoms with Crippen molar-refractivity contribution in [2.24, 2.45) is 11.8 Å². The van der Waals surface area contributed by atoms with Crippen molar-refractivity contribution in [1.82, 2.24) is 10.6 Å². The first-order chi connectivity index (χ1) is 9.06. The number of aliphatic carboxylic acids is 1. The lowest BCUT2D eigenvalue weighted by Crippen LogP contribution is -2.44. The van der Waals surface area contributed by atoms with Crippen LogP contribution in [0.15, 0.2) is 0 Å². The van der Waals surface area contributed by atoms with E-state index >= 15 is 0 Å². The Morgan fingerprint density at radius 1 is 1.37 bits per heavy atom. The van der Waals surface area contributed by atoms with E-state index < -0.39 is 5.97 Å². The molecule has 2 fully saturated rings. The lowest BCUT2D eigenvalue weighted by Gasteiger charge is -2.24. The van der Waals surface area contributed by atoms with E-state index in [1.54, 1.807) is 0 Å². The first-order valence-electron chi connectivity index (χ1n) is 7.32. The van der Waals surface area contributed by atoms with Crippen LogP contribution in [0.3, 0.4) is 0 Å². The molecule has 1 saturated heterocycles. The number of carbonyl (C=O) groups excluding carboxylic acids is 1. The van der Waals surface area contributed by atoms with Gasteiger partial charge < -0.3 is 15.7 Å². The minimum absolute atomic E-state index is 0.0230. The average molecular weight is 268 g/mol. The predicted molar refractivity (Wildman–Crippen MR) is 71.7 cm³/mol. The van der Waals surface area contributed by atoms with Crippen molar-refractivity contribution in [3.05, 3.63) is 0 Å². The largest absolute Gasteiger partial charge is 0.481 e. The summed E-state index contributed by atoms with van der Waals surface area (Å²) in [6, 6.07) is 0.436. The van der Waals surface area contributed by atoms with Crippen molar-refractivity contribution in [2.75, 3.05) is 6.54 Å². The second-order valence-electron chi connectivity index (χ2n) is 6.05. The van der Waals surface area contributed by atoms with Gasteiger partial charge in [0.25, 0.3) is 0 Å². The lowest BCUT2D eigenvalue weighted by molar-refractivity contribution is -0.138. The molecule has 3 N–H and O–H groups in total. The molecule has 5 nitrogen and oxygen atoms in total. The fraction of sp³-hybridized carbons (Fsp3) is 0.857. The van der Waals surface area contributed by atoms with Gasteiger partial charge in [0.15, 0.2) is 0 Å². The summed E-state index contributed by atoms with van der Waals surface area (Å²) in [7, 11) is 0. The number of nitrogens with one attached hydrogen (secondary N) is 2. The molecule has 0 aromatic carbocycles. The van der Waals surface area contributed by atoms with Gasteiger partial charge in [-0.3, -0.25) is 9.59 Å². The van der Waals surface area contributed by atoms with Gasteiger partial charge in [0.05, 0.1) is 6.04 Å². The average Bonchev–Trinajstić information content (AvgIpc) is 2.78. The summed E-state index contributed by atoms with van der Waals surface area (Å²) in [6.07, 6.45) is 6.00. The third-order valence-corrected chi connectivity index (χ3v) is 4.33. The van der Waals surface area contributed by atoms with Crippen LogP contribution in [0, 0.1) is 11.8 Å². The highest BCUT2D eigenvalue weighted by atomic mass is 16.4. The molecular weight excluding hydrogens is 244 g/mol. The molecule has 1 heterocycles. The van der Waals surface area contributed by atoms with Crippen molar-refractivity contribution in [1.29, 1.82) is 0 Å². The molecule has 0 bridgehead atoms. The summed E-state index contributed by atoms with van der Waals surface area (Å²) >= 11 is 0. The summed E-state index contributed by atoms with van der Waals surface area (Å²) in [5, 5.41) is 15.0. The molecule has 0 radical (unpaired) electrons. The maximum atomic E-state index is 12.1. The molecule has 4 unspecified atom stereocenters. The third-order valence-electron chi connectivity index (χ3n) is 4.33. The standard InChI is InChI=1S/C14H24N2O3/c1-9(6-13(17)18)8-15-14(19)12-7-10-4-2-3-5-11(10)16-12/h9-12,16H,2-8H2,1H3,(H,15,19)(H,17,18). The number of carbonyl (C=O) groups is 2. The predicted octanol–water partition coefficient (Wildman–Crippen LogP) is 1.13. The van der Waals surface area contributed by atoms with Crippen LogP contribution in [-0.4, -0.2) is 35.6 Å². The van der Waals surface area contributed by atoms with Crippen molar-refractivity contribution >= 4 is 11.9 Å². The molecule has 1 aliphatic heterocycles. The fourth-order valence-electron chi connectivity index (χ4n) is 3.29. The van der Waals surface area contributed by atoms with Crippen LogP contribution in [0.25, 0.3) is 0 Å². The Kier molecular flexibility index (Phi) is 4.80. The summed E-state index contributed by atoms with van der Waals surface area (Å²) < 4.78 is 0. The minimum Gasteiger partial charge on any atom is -0.481 e. The first kappa shape index (κ1) is 14.3. The van der Waals surface area contributed by atoms with Crippen LogP contribution >= 0.6 is 0 Å². The zero-order chi connectivity index (χ0) is 13.8. The molecule has 1 amide bonds. The van der Waals surface area contributed by atoms with Crippen molar-refractivity contribution in [2.45, 2.75) is 57.5 Å². The van der Waals surface area contributed by atoms with Crippen LogP contribution in [0.5, 0.6) is 0 Å². The van der Waals surface area contributed by atoms with Crippen LogP contribution in [0.1, 0.15) is 45.4 Å². The molecule has 19 heavy (non-hydrogen) atoms. The maximum absolute atomic E-state index is 12.1. The summed E-state index contributed by atoms with van der Waals surface area (Å²) in [5.74, 6) is -0.149. The third kappa shape index (κ3) is 3.93. The number of carboxylic acids is 1. The number of hydrogen-bond acceptors (Lipinski definition) is 3. The van der Waals surface area contributed by atoms with Crippen LogP contribution in [-0.2, 0) is 9.59 Å². The number of hydrogen-bond donors (Lipinski definition) is 3. The number of amides is 1. The van der Waals surface area contributed by atoms with E-state index in [1.165, 1.54) is 25.7 Å². The van der Waals surface area contributed by atoms with Crippen molar-refractivity contribution < 1.29 is 14.7 Å².